The molecule has 0 saturated carbocycles. The first kappa shape index (κ1) is 23.2. The summed E-state index contributed by atoms with van der Waals surface area (Å²) in [4.78, 5) is 19.2. The fourth-order valence-corrected chi connectivity index (χ4v) is 5.65. The number of amides is 1. The molecule has 2 heterocycles. The minimum atomic E-state index is -3.52. The quantitative estimate of drug-likeness (QED) is 0.496. The summed E-state index contributed by atoms with van der Waals surface area (Å²) in [5, 5.41) is 0. The molecule has 2 aromatic carbocycles. The van der Waals surface area contributed by atoms with Gasteiger partial charge >= 0.3 is 0 Å². The van der Waals surface area contributed by atoms with Crippen LogP contribution in [-0.2, 0) is 27.7 Å². The van der Waals surface area contributed by atoms with Crippen LogP contribution in [0, 0.1) is 6.92 Å². The van der Waals surface area contributed by atoms with E-state index < -0.39 is 10.0 Å². The van der Waals surface area contributed by atoms with Crippen LogP contribution in [0.4, 0.5) is 5.69 Å². The number of carbonyl (C=O) groups excluding carboxylic acids is 1. The highest BCUT2D eigenvalue weighted by Crippen LogP contribution is 2.32. The number of oxazole rings is 1. The summed E-state index contributed by atoms with van der Waals surface area (Å²) in [7, 11) is -3.52. The van der Waals surface area contributed by atoms with Gasteiger partial charge in [0.2, 0.25) is 15.9 Å². The summed E-state index contributed by atoms with van der Waals surface area (Å²) < 4.78 is 32.9. The van der Waals surface area contributed by atoms with Crippen molar-refractivity contribution < 1.29 is 17.6 Å². The number of nitrogens with zero attached hydrogens (tertiary/aromatic N) is 3. The number of hydrogen-bond acceptors (Lipinski definition) is 5. The third-order valence-electron chi connectivity index (χ3n) is 6.03. The third kappa shape index (κ3) is 4.72. The smallest absolute Gasteiger partial charge is 0.243 e. The van der Waals surface area contributed by atoms with Crippen molar-refractivity contribution in [2.75, 3.05) is 24.5 Å². The van der Waals surface area contributed by atoms with E-state index in [1.165, 1.54) is 9.87 Å². The van der Waals surface area contributed by atoms with E-state index >= 15 is 0 Å². The van der Waals surface area contributed by atoms with Gasteiger partial charge < -0.3 is 9.32 Å². The number of aromatic nitrogens is 1. The summed E-state index contributed by atoms with van der Waals surface area (Å²) in [5.74, 6) is 1.19. The predicted molar refractivity (Wildman–Crippen MR) is 128 cm³/mol. The van der Waals surface area contributed by atoms with Gasteiger partial charge in [0.15, 0.2) is 11.7 Å². The Balaban J connectivity index is 1.43. The van der Waals surface area contributed by atoms with Crippen molar-refractivity contribution in [3.05, 3.63) is 65.7 Å². The Hall–Kier alpha value is -2.97. The molecule has 1 aliphatic rings. The molecular weight excluding hydrogens is 438 g/mol. The van der Waals surface area contributed by atoms with Gasteiger partial charge in [0.1, 0.15) is 0 Å². The molecule has 0 unspecified atom stereocenters. The lowest BCUT2D eigenvalue weighted by molar-refractivity contribution is -0.118. The summed E-state index contributed by atoms with van der Waals surface area (Å²) in [5.41, 5.74) is 3.79. The molecule has 1 aliphatic heterocycles. The standard InChI is InChI=1S/C25H29N3O4S/c1-4-27(5-2)33(30,31)21-10-11-22-20(16-21)14-15-28(22)25(29)13-12-24-26-17-23(32-24)19-8-6-18(3)7-9-19/h6-11,16-17H,4-5,12-15H2,1-3H3. The maximum Gasteiger partial charge on any atom is 0.243 e. The first-order chi connectivity index (χ1) is 15.8. The van der Waals surface area contributed by atoms with Crippen LogP contribution in [0.2, 0.25) is 0 Å². The maximum absolute atomic E-state index is 12.9. The van der Waals surface area contributed by atoms with Gasteiger partial charge in [-0.2, -0.15) is 4.31 Å². The Labute approximate surface area is 195 Å². The van der Waals surface area contributed by atoms with Crippen LogP contribution >= 0.6 is 0 Å². The van der Waals surface area contributed by atoms with Gasteiger partial charge in [-0.1, -0.05) is 43.7 Å². The monoisotopic (exact) mass is 467 g/mol. The summed E-state index contributed by atoms with van der Waals surface area (Å²) >= 11 is 0. The maximum atomic E-state index is 12.9. The van der Waals surface area contributed by atoms with Crippen molar-refractivity contribution in [1.29, 1.82) is 0 Å². The summed E-state index contributed by atoms with van der Waals surface area (Å²) in [6.45, 7) is 7.07. The minimum absolute atomic E-state index is 0.0248. The Morgan fingerprint density at radius 2 is 1.85 bits per heavy atom. The zero-order chi connectivity index (χ0) is 23.6. The highest BCUT2D eigenvalue weighted by Gasteiger charge is 2.28. The second-order valence-corrected chi connectivity index (χ2v) is 10.1. The predicted octanol–water partition coefficient (Wildman–Crippen LogP) is 4.20. The van der Waals surface area contributed by atoms with Crippen LogP contribution in [0.5, 0.6) is 0 Å². The molecule has 8 heteroatoms. The molecule has 0 aliphatic carbocycles. The normalized spacial score (nSPS) is 13.5. The lowest BCUT2D eigenvalue weighted by atomic mass is 10.1. The second-order valence-electron chi connectivity index (χ2n) is 8.16. The highest BCUT2D eigenvalue weighted by molar-refractivity contribution is 7.89. The molecule has 0 N–H and O–H groups in total. The summed E-state index contributed by atoms with van der Waals surface area (Å²) in [6.07, 6.45) is 3.00. The fraction of sp³-hybridized carbons (Fsp3) is 0.360. The van der Waals surface area contributed by atoms with E-state index in [1.807, 2.05) is 45.0 Å². The first-order valence-electron chi connectivity index (χ1n) is 11.3. The molecule has 0 radical (unpaired) electrons. The molecule has 0 saturated heterocycles. The van der Waals surface area contributed by atoms with Gasteiger partial charge in [-0.25, -0.2) is 13.4 Å². The molecular formula is C25H29N3O4S. The molecule has 0 spiro atoms. The largest absolute Gasteiger partial charge is 0.441 e. The second kappa shape index (κ2) is 9.49. The Kier molecular flexibility index (Phi) is 6.67. The highest BCUT2D eigenvalue weighted by atomic mass is 32.2. The molecule has 7 nitrogen and oxygen atoms in total. The molecule has 33 heavy (non-hydrogen) atoms. The fourth-order valence-electron chi connectivity index (χ4n) is 4.14. The van der Waals surface area contributed by atoms with Crippen LogP contribution in [-0.4, -0.2) is 43.2 Å². The van der Waals surface area contributed by atoms with Crippen LogP contribution < -0.4 is 4.90 Å². The molecule has 0 atom stereocenters. The molecule has 3 aromatic rings. The molecule has 1 aromatic heterocycles. The Bertz CT molecular complexity index is 1240. The summed E-state index contributed by atoms with van der Waals surface area (Å²) in [6, 6.07) is 13.1. The van der Waals surface area contributed by atoms with E-state index in [4.69, 9.17) is 4.42 Å². The number of benzene rings is 2. The number of fused-ring (bicyclic) bond motifs is 1. The number of rotatable bonds is 8. The van der Waals surface area contributed by atoms with Crippen LogP contribution in [0.15, 0.2) is 58.0 Å². The third-order valence-corrected chi connectivity index (χ3v) is 8.08. The lowest BCUT2D eigenvalue weighted by Crippen LogP contribution is -2.30. The van der Waals surface area contributed by atoms with E-state index in [2.05, 4.69) is 4.98 Å². The van der Waals surface area contributed by atoms with E-state index in [-0.39, 0.29) is 17.2 Å². The number of carbonyl (C=O) groups is 1. The zero-order valence-electron chi connectivity index (χ0n) is 19.2. The Morgan fingerprint density at radius 3 is 2.55 bits per heavy atom. The number of aryl methyl sites for hydroxylation is 2. The van der Waals surface area contributed by atoms with Crippen LogP contribution in [0.1, 0.15) is 37.3 Å². The van der Waals surface area contributed by atoms with E-state index in [1.54, 1.807) is 29.3 Å². The zero-order valence-corrected chi connectivity index (χ0v) is 20.1. The molecule has 1 amide bonds. The number of sulfonamides is 1. The van der Waals surface area contributed by atoms with Crippen molar-refractivity contribution in [3.63, 3.8) is 0 Å². The number of anilines is 1. The van der Waals surface area contributed by atoms with Crippen LogP contribution in [0.25, 0.3) is 11.3 Å². The van der Waals surface area contributed by atoms with Gasteiger partial charge in [0.25, 0.3) is 0 Å². The van der Waals surface area contributed by atoms with Crippen LogP contribution in [0.3, 0.4) is 0 Å². The molecule has 0 fully saturated rings. The van der Waals surface area contributed by atoms with Gasteiger partial charge in [-0.3, -0.25) is 4.79 Å². The average Bonchev–Trinajstić information content (AvgIpc) is 3.45. The first-order valence-corrected chi connectivity index (χ1v) is 12.7. The van der Waals surface area contributed by atoms with Crippen molar-refractivity contribution in [2.45, 2.75) is 44.9 Å². The molecule has 174 valence electrons. The van der Waals surface area contributed by atoms with Gasteiger partial charge in [-0.05, 0) is 37.1 Å². The van der Waals surface area contributed by atoms with Gasteiger partial charge in [-0.15, -0.1) is 0 Å². The lowest BCUT2D eigenvalue weighted by Gasteiger charge is -2.20. The molecule has 4 rings (SSSR count). The van der Waals surface area contributed by atoms with Gasteiger partial charge in [0, 0.05) is 43.7 Å². The van der Waals surface area contributed by atoms with E-state index in [0.29, 0.717) is 44.1 Å². The van der Waals surface area contributed by atoms with Gasteiger partial charge in [0.05, 0.1) is 11.1 Å². The SMILES string of the molecule is CCN(CC)S(=O)(=O)c1ccc2c(c1)CCN2C(=O)CCc1ncc(-c2ccc(C)cc2)o1. The van der Waals surface area contributed by atoms with Crippen molar-refractivity contribution in [2.24, 2.45) is 0 Å². The van der Waals surface area contributed by atoms with Crippen molar-refractivity contribution >= 4 is 21.6 Å². The van der Waals surface area contributed by atoms with E-state index in [9.17, 15) is 13.2 Å². The topological polar surface area (TPSA) is 83.7 Å². The van der Waals surface area contributed by atoms with Crippen molar-refractivity contribution in [3.8, 4) is 11.3 Å². The van der Waals surface area contributed by atoms with E-state index in [0.717, 1.165) is 16.8 Å². The molecule has 0 bridgehead atoms. The van der Waals surface area contributed by atoms with Crippen molar-refractivity contribution in [1.82, 2.24) is 9.29 Å². The Morgan fingerprint density at radius 1 is 1.12 bits per heavy atom. The minimum Gasteiger partial charge on any atom is -0.441 e. The average molecular weight is 468 g/mol. The number of hydrogen-bond donors (Lipinski definition) is 0.